The number of aliphatic hydroxyl groups excluding tert-OH is 2. The summed E-state index contributed by atoms with van der Waals surface area (Å²) in [6.45, 7) is 3.93. The van der Waals surface area contributed by atoms with Crippen molar-refractivity contribution < 1.29 is 33.5 Å². The van der Waals surface area contributed by atoms with Crippen LogP contribution in [-0.4, -0.2) is 59.0 Å². The number of amides is 1. The van der Waals surface area contributed by atoms with Crippen molar-refractivity contribution in [2.24, 2.45) is 5.73 Å². The minimum absolute atomic E-state index is 0.0458. The number of unbranched alkanes of at least 4 members (excludes halogenated alkanes) is 21. The van der Waals surface area contributed by atoms with Gasteiger partial charge in [-0.05, 0) is 32.1 Å². The maximum Gasteiger partial charge on any atom is 0.472 e. The molecule has 290 valence electrons. The molecular weight excluding hydrogens is 639 g/mol. The molecule has 0 spiro atoms. The van der Waals surface area contributed by atoms with E-state index < -0.39 is 38.6 Å². The lowest BCUT2D eigenvalue weighted by Crippen LogP contribution is -2.46. The highest BCUT2D eigenvalue weighted by molar-refractivity contribution is 7.47. The van der Waals surface area contributed by atoms with Gasteiger partial charge in [0.25, 0.3) is 0 Å². The molecule has 0 aliphatic carbocycles. The molecule has 10 heteroatoms. The molecule has 49 heavy (non-hydrogen) atoms. The van der Waals surface area contributed by atoms with Gasteiger partial charge >= 0.3 is 7.82 Å². The third-order valence-corrected chi connectivity index (χ3v) is 9.82. The van der Waals surface area contributed by atoms with Gasteiger partial charge in [-0.1, -0.05) is 167 Å². The van der Waals surface area contributed by atoms with E-state index in [2.05, 4.69) is 31.3 Å². The van der Waals surface area contributed by atoms with Crippen molar-refractivity contribution >= 4 is 13.7 Å². The average molecular weight is 717 g/mol. The van der Waals surface area contributed by atoms with Crippen LogP contribution in [0.1, 0.15) is 181 Å². The van der Waals surface area contributed by atoms with Gasteiger partial charge in [0.05, 0.1) is 37.9 Å². The van der Waals surface area contributed by atoms with Gasteiger partial charge in [-0.2, -0.15) is 0 Å². The Morgan fingerprint density at radius 3 is 1.69 bits per heavy atom. The van der Waals surface area contributed by atoms with Gasteiger partial charge < -0.3 is 26.2 Å². The molecule has 0 saturated heterocycles. The number of nitrogens with two attached hydrogens (primary N) is 1. The van der Waals surface area contributed by atoms with Crippen molar-refractivity contribution in [1.82, 2.24) is 5.32 Å². The van der Waals surface area contributed by atoms with Crippen LogP contribution in [-0.2, 0) is 18.4 Å². The van der Waals surface area contributed by atoms with Crippen LogP contribution in [0.5, 0.6) is 0 Å². The van der Waals surface area contributed by atoms with E-state index >= 15 is 0 Å². The molecule has 0 aliphatic heterocycles. The van der Waals surface area contributed by atoms with Crippen LogP contribution >= 0.6 is 7.82 Å². The van der Waals surface area contributed by atoms with Crippen LogP contribution in [0, 0.1) is 0 Å². The summed E-state index contributed by atoms with van der Waals surface area (Å²) in [5.41, 5.74) is 5.35. The van der Waals surface area contributed by atoms with Crippen LogP contribution < -0.4 is 11.1 Å². The second kappa shape index (κ2) is 35.3. The van der Waals surface area contributed by atoms with Crippen LogP contribution in [0.4, 0.5) is 0 Å². The molecule has 0 heterocycles. The SMILES string of the molecule is CCCCCCCCCCC/C=C/CC/C=C/C(O)C(COP(=O)(O)OCCN)NC(=O)CC(O)CCCCCCCCCCCCCC. The Kier molecular flexibility index (Phi) is 34.6. The van der Waals surface area contributed by atoms with Crippen LogP contribution in [0.2, 0.25) is 0 Å². The molecule has 9 nitrogen and oxygen atoms in total. The number of nitrogens with one attached hydrogen (secondary N) is 1. The number of allylic oxidation sites excluding steroid dienone is 3. The fourth-order valence-corrected chi connectivity index (χ4v) is 6.54. The predicted molar refractivity (Wildman–Crippen MR) is 204 cm³/mol. The third kappa shape index (κ3) is 33.8. The molecule has 0 saturated carbocycles. The highest BCUT2D eigenvalue weighted by atomic mass is 31.2. The van der Waals surface area contributed by atoms with Gasteiger partial charge in [-0.25, -0.2) is 4.57 Å². The van der Waals surface area contributed by atoms with Gasteiger partial charge in [0.2, 0.25) is 5.91 Å². The largest absolute Gasteiger partial charge is 0.472 e. The van der Waals surface area contributed by atoms with E-state index in [1.807, 2.05) is 6.08 Å². The number of carbonyl (C=O) groups excluding carboxylic acids is 1. The fraction of sp³-hybridized carbons (Fsp3) is 0.872. The van der Waals surface area contributed by atoms with Crippen LogP contribution in [0.15, 0.2) is 24.3 Å². The zero-order valence-corrected chi connectivity index (χ0v) is 32.4. The zero-order chi connectivity index (χ0) is 36.3. The molecule has 1 amide bonds. The van der Waals surface area contributed by atoms with Crippen LogP contribution in [0.3, 0.4) is 0 Å². The molecule has 0 aromatic carbocycles. The first-order valence-electron chi connectivity index (χ1n) is 20.0. The first-order chi connectivity index (χ1) is 23.8. The van der Waals surface area contributed by atoms with Gasteiger partial charge in [0.1, 0.15) is 0 Å². The van der Waals surface area contributed by atoms with Gasteiger partial charge in [0.15, 0.2) is 0 Å². The van der Waals surface area contributed by atoms with E-state index in [1.165, 1.54) is 116 Å². The normalized spacial score (nSPS) is 15.1. The Balaban J connectivity index is 4.45. The number of rotatable bonds is 37. The lowest BCUT2D eigenvalue weighted by molar-refractivity contribution is -0.124. The second-order valence-electron chi connectivity index (χ2n) is 13.7. The summed E-state index contributed by atoms with van der Waals surface area (Å²) in [5, 5.41) is 23.9. The number of phosphoric acid groups is 1. The van der Waals surface area contributed by atoms with Crippen molar-refractivity contribution in [3.05, 3.63) is 24.3 Å². The summed E-state index contributed by atoms with van der Waals surface area (Å²) < 4.78 is 22.0. The molecule has 0 aromatic rings. The summed E-state index contributed by atoms with van der Waals surface area (Å²) >= 11 is 0. The summed E-state index contributed by atoms with van der Waals surface area (Å²) in [4.78, 5) is 22.7. The van der Waals surface area contributed by atoms with E-state index in [1.54, 1.807) is 6.08 Å². The Labute approximate surface area is 300 Å². The Morgan fingerprint density at radius 2 is 1.16 bits per heavy atom. The fourth-order valence-electron chi connectivity index (χ4n) is 5.78. The molecule has 0 bridgehead atoms. The molecule has 0 rings (SSSR count). The third-order valence-electron chi connectivity index (χ3n) is 8.83. The lowest BCUT2D eigenvalue weighted by atomic mass is 10.0. The highest BCUT2D eigenvalue weighted by Gasteiger charge is 2.27. The van der Waals surface area contributed by atoms with Gasteiger partial charge in [-0.15, -0.1) is 0 Å². The van der Waals surface area contributed by atoms with Gasteiger partial charge in [0, 0.05) is 6.54 Å². The van der Waals surface area contributed by atoms with Crippen molar-refractivity contribution in [2.45, 2.75) is 199 Å². The summed E-state index contributed by atoms with van der Waals surface area (Å²) in [5.74, 6) is -0.456. The monoisotopic (exact) mass is 717 g/mol. The smallest absolute Gasteiger partial charge is 0.393 e. The topological polar surface area (TPSA) is 151 Å². The first kappa shape index (κ1) is 47.9. The summed E-state index contributed by atoms with van der Waals surface area (Å²) in [7, 11) is -4.40. The molecule has 0 aliphatic rings. The van der Waals surface area contributed by atoms with E-state index in [0.717, 1.165) is 32.1 Å². The van der Waals surface area contributed by atoms with Gasteiger partial charge in [-0.3, -0.25) is 13.8 Å². The number of carbonyl (C=O) groups is 1. The van der Waals surface area contributed by atoms with E-state index in [9.17, 15) is 24.5 Å². The maximum absolute atomic E-state index is 12.7. The molecule has 0 fully saturated rings. The van der Waals surface area contributed by atoms with Crippen molar-refractivity contribution in [3.8, 4) is 0 Å². The second-order valence-corrected chi connectivity index (χ2v) is 15.1. The number of phosphoric ester groups is 1. The molecule has 0 aromatic heterocycles. The average Bonchev–Trinajstić information content (AvgIpc) is 3.07. The number of hydrogen-bond donors (Lipinski definition) is 5. The number of hydrogen-bond acceptors (Lipinski definition) is 7. The Hall–Kier alpha value is -1.06. The minimum Gasteiger partial charge on any atom is -0.393 e. The summed E-state index contributed by atoms with van der Waals surface area (Å²) in [6.07, 6.45) is 35.5. The summed E-state index contributed by atoms with van der Waals surface area (Å²) in [6, 6.07) is -0.994. The van der Waals surface area contributed by atoms with Crippen molar-refractivity contribution in [3.63, 3.8) is 0 Å². The Bertz CT molecular complexity index is 842. The molecule has 0 radical (unpaired) electrons. The standard InChI is InChI=1S/C39H77N2O7P/c1-3-5-7-9-11-13-15-17-18-19-21-23-25-27-29-31-38(43)37(35-48-49(45,46)47-33-32-40)41-39(44)34-36(42)30-28-26-24-22-20-16-14-12-10-8-6-4-2/h21,23,29,31,36-38,42-43H,3-20,22,24-28,30,32-35,40H2,1-2H3,(H,41,44)(H,45,46)/b23-21+,31-29+. The number of aliphatic hydroxyl groups is 2. The Morgan fingerprint density at radius 1 is 0.694 bits per heavy atom. The van der Waals surface area contributed by atoms with Crippen molar-refractivity contribution in [1.29, 1.82) is 0 Å². The van der Waals surface area contributed by atoms with Crippen LogP contribution in [0.25, 0.3) is 0 Å². The molecule has 4 atom stereocenters. The first-order valence-corrected chi connectivity index (χ1v) is 21.5. The maximum atomic E-state index is 12.7. The van der Waals surface area contributed by atoms with E-state index in [-0.39, 0.29) is 19.6 Å². The van der Waals surface area contributed by atoms with E-state index in [0.29, 0.717) is 12.8 Å². The highest BCUT2D eigenvalue weighted by Crippen LogP contribution is 2.43. The van der Waals surface area contributed by atoms with Crippen molar-refractivity contribution in [2.75, 3.05) is 19.8 Å². The lowest BCUT2D eigenvalue weighted by Gasteiger charge is -2.24. The molecule has 4 unspecified atom stereocenters. The zero-order valence-electron chi connectivity index (χ0n) is 31.5. The molecule has 6 N–H and O–H groups in total. The molecular formula is C39H77N2O7P. The predicted octanol–water partition coefficient (Wildman–Crippen LogP) is 9.58. The minimum atomic E-state index is -4.40. The quantitative estimate of drug-likeness (QED) is 0.0242. The van der Waals surface area contributed by atoms with E-state index in [4.69, 9.17) is 14.8 Å².